The van der Waals surface area contributed by atoms with Crippen LogP contribution >= 0.6 is 11.6 Å². The predicted octanol–water partition coefficient (Wildman–Crippen LogP) is 5.81. The number of sulfonamides is 1. The molecule has 5 nitrogen and oxygen atoms in total. The minimum atomic E-state index is -4.76. The molecule has 0 saturated heterocycles. The van der Waals surface area contributed by atoms with Gasteiger partial charge in [-0.2, -0.15) is 17.5 Å². The van der Waals surface area contributed by atoms with E-state index in [4.69, 9.17) is 11.6 Å². The van der Waals surface area contributed by atoms with Crippen LogP contribution in [0, 0.1) is 13.8 Å². The summed E-state index contributed by atoms with van der Waals surface area (Å²) in [6, 6.07) is 16.1. The molecule has 3 aromatic rings. The lowest BCUT2D eigenvalue weighted by Gasteiger charge is -2.23. The van der Waals surface area contributed by atoms with E-state index in [9.17, 15) is 26.4 Å². The molecule has 0 spiro atoms. The van der Waals surface area contributed by atoms with Gasteiger partial charge in [-0.15, -0.1) is 0 Å². The molecule has 34 heavy (non-hydrogen) atoms. The van der Waals surface area contributed by atoms with Gasteiger partial charge in [0.05, 0.1) is 22.7 Å². The van der Waals surface area contributed by atoms with Crippen LogP contribution in [0.2, 0.25) is 5.02 Å². The monoisotopic (exact) mass is 510 g/mol. The van der Waals surface area contributed by atoms with Gasteiger partial charge in [-0.3, -0.25) is 4.79 Å². The topological polar surface area (TPSA) is 66.5 Å². The average molecular weight is 511 g/mol. The third kappa shape index (κ3) is 6.37. The number of nitrogens with zero attached hydrogens (tertiary/aromatic N) is 1. The van der Waals surface area contributed by atoms with Crippen molar-refractivity contribution in [3.05, 3.63) is 94.0 Å². The van der Waals surface area contributed by atoms with Gasteiger partial charge in [0.2, 0.25) is 15.9 Å². The Kier molecular flexibility index (Phi) is 7.70. The third-order valence-electron chi connectivity index (χ3n) is 5.02. The normalized spacial score (nSPS) is 12.1. The van der Waals surface area contributed by atoms with Crippen molar-refractivity contribution in [3.8, 4) is 0 Å². The van der Waals surface area contributed by atoms with E-state index in [2.05, 4.69) is 5.32 Å². The predicted molar refractivity (Wildman–Crippen MR) is 125 cm³/mol. The maximum Gasteiger partial charge on any atom is 0.418 e. The molecule has 3 rings (SSSR count). The molecule has 0 atom stereocenters. The SMILES string of the molecule is Cc1ccc(CN(CC(=O)Nc2ccc(Cl)cc2C(F)(F)F)S(=O)(=O)c2ccc(C)cc2)cc1. The van der Waals surface area contributed by atoms with Gasteiger partial charge in [-0.05, 0) is 49.7 Å². The lowest BCUT2D eigenvalue weighted by atomic mass is 10.1. The maximum absolute atomic E-state index is 13.4. The van der Waals surface area contributed by atoms with E-state index >= 15 is 0 Å². The van der Waals surface area contributed by atoms with Crippen molar-refractivity contribution < 1.29 is 26.4 Å². The Balaban J connectivity index is 1.92. The molecular formula is C24H22ClF3N2O3S. The standard InChI is InChI=1S/C24H22ClF3N2O3S/c1-16-3-7-18(8-4-16)14-30(34(32,33)20-10-5-17(2)6-11-20)15-23(31)29-22-12-9-19(25)13-21(22)24(26,27)28/h3-13H,14-15H2,1-2H3,(H,29,31). The van der Waals surface area contributed by atoms with Crippen LogP contribution in [-0.2, 0) is 27.5 Å². The number of carbonyl (C=O) groups excluding carboxylic acids is 1. The first kappa shape index (κ1) is 25.7. The summed E-state index contributed by atoms with van der Waals surface area (Å²) in [6.07, 6.45) is -4.76. The fourth-order valence-electron chi connectivity index (χ4n) is 3.19. The van der Waals surface area contributed by atoms with Gasteiger partial charge in [0.25, 0.3) is 0 Å². The van der Waals surface area contributed by atoms with Crippen molar-refractivity contribution in [3.63, 3.8) is 0 Å². The Morgan fingerprint density at radius 3 is 2.06 bits per heavy atom. The molecule has 0 unspecified atom stereocenters. The van der Waals surface area contributed by atoms with Gasteiger partial charge in [-0.1, -0.05) is 59.1 Å². The Labute approximate surface area is 201 Å². The first-order chi connectivity index (χ1) is 15.9. The molecule has 10 heteroatoms. The van der Waals surface area contributed by atoms with Crippen LogP contribution < -0.4 is 5.32 Å². The Morgan fingerprint density at radius 2 is 1.50 bits per heavy atom. The molecule has 0 aliphatic heterocycles. The van der Waals surface area contributed by atoms with Crippen molar-refractivity contribution >= 4 is 33.2 Å². The number of halogens is 4. The zero-order valence-corrected chi connectivity index (χ0v) is 19.9. The van der Waals surface area contributed by atoms with E-state index in [1.54, 1.807) is 43.3 Å². The summed E-state index contributed by atoms with van der Waals surface area (Å²) in [5.41, 5.74) is 0.808. The number of nitrogens with one attached hydrogen (secondary N) is 1. The van der Waals surface area contributed by atoms with Crippen molar-refractivity contribution in [2.24, 2.45) is 0 Å². The first-order valence-electron chi connectivity index (χ1n) is 10.2. The Bertz CT molecular complexity index is 1280. The van der Waals surface area contributed by atoms with Crippen molar-refractivity contribution in [1.82, 2.24) is 4.31 Å². The number of rotatable bonds is 7. The smallest absolute Gasteiger partial charge is 0.324 e. The number of aryl methyl sites for hydroxylation is 2. The van der Waals surface area contributed by atoms with Crippen LogP contribution in [0.4, 0.5) is 18.9 Å². The van der Waals surface area contributed by atoms with Gasteiger partial charge in [0.1, 0.15) is 0 Å². The van der Waals surface area contributed by atoms with Crippen LogP contribution in [0.5, 0.6) is 0 Å². The van der Waals surface area contributed by atoms with E-state index in [0.29, 0.717) is 11.6 Å². The first-order valence-corrected chi connectivity index (χ1v) is 12.0. The minimum absolute atomic E-state index is 0.0273. The van der Waals surface area contributed by atoms with Crippen molar-refractivity contribution in [1.29, 1.82) is 0 Å². The highest BCUT2D eigenvalue weighted by molar-refractivity contribution is 7.89. The van der Waals surface area contributed by atoms with E-state index in [-0.39, 0.29) is 16.5 Å². The van der Waals surface area contributed by atoms with E-state index in [0.717, 1.165) is 21.5 Å². The van der Waals surface area contributed by atoms with E-state index in [1.807, 2.05) is 6.92 Å². The summed E-state index contributed by atoms with van der Waals surface area (Å²) in [7, 11) is -4.13. The zero-order chi connectivity index (χ0) is 25.1. The number of carbonyl (C=O) groups is 1. The average Bonchev–Trinajstić information content (AvgIpc) is 2.75. The molecular weight excluding hydrogens is 489 g/mol. The highest BCUT2D eigenvalue weighted by Crippen LogP contribution is 2.36. The van der Waals surface area contributed by atoms with Gasteiger partial charge in [-0.25, -0.2) is 8.42 Å². The molecule has 0 saturated carbocycles. The summed E-state index contributed by atoms with van der Waals surface area (Å²) in [5.74, 6) is -0.921. The van der Waals surface area contributed by atoms with Crippen molar-refractivity contribution in [2.75, 3.05) is 11.9 Å². The Hall–Kier alpha value is -2.88. The van der Waals surface area contributed by atoms with Gasteiger partial charge >= 0.3 is 6.18 Å². The second-order valence-corrected chi connectivity index (χ2v) is 10.2. The summed E-state index contributed by atoms with van der Waals surface area (Å²) in [6.45, 7) is 2.85. The number of hydrogen-bond donors (Lipinski definition) is 1. The summed E-state index contributed by atoms with van der Waals surface area (Å²) < 4.78 is 67.7. The molecule has 0 heterocycles. The fourth-order valence-corrected chi connectivity index (χ4v) is 4.75. The highest BCUT2D eigenvalue weighted by Gasteiger charge is 2.35. The number of anilines is 1. The summed E-state index contributed by atoms with van der Waals surface area (Å²) in [4.78, 5) is 12.7. The Morgan fingerprint density at radius 1 is 0.941 bits per heavy atom. The highest BCUT2D eigenvalue weighted by atomic mass is 35.5. The molecule has 0 radical (unpaired) electrons. The number of hydrogen-bond acceptors (Lipinski definition) is 3. The minimum Gasteiger partial charge on any atom is -0.324 e. The maximum atomic E-state index is 13.4. The third-order valence-corrected chi connectivity index (χ3v) is 7.06. The zero-order valence-electron chi connectivity index (χ0n) is 18.4. The summed E-state index contributed by atoms with van der Waals surface area (Å²) in [5, 5.41) is 2.03. The van der Waals surface area contributed by atoms with E-state index in [1.165, 1.54) is 18.2 Å². The second kappa shape index (κ2) is 10.2. The molecule has 1 amide bonds. The number of alkyl halides is 3. The molecule has 0 aliphatic rings. The molecule has 0 aromatic heterocycles. The number of benzene rings is 3. The number of amides is 1. The van der Waals surface area contributed by atoms with Gasteiger partial charge < -0.3 is 5.32 Å². The lowest BCUT2D eigenvalue weighted by Crippen LogP contribution is -2.37. The molecule has 0 fully saturated rings. The second-order valence-electron chi connectivity index (χ2n) is 7.81. The van der Waals surface area contributed by atoms with Crippen molar-refractivity contribution in [2.45, 2.75) is 31.5 Å². The molecule has 0 bridgehead atoms. The lowest BCUT2D eigenvalue weighted by molar-refractivity contribution is -0.137. The van der Waals surface area contributed by atoms with Crippen LogP contribution in [0.25, 0.3) is 0 Å². The van der Waals surface area contributed by atoms with Crippen LogP contribution in [-0.4, -0.2) is 25.2 Å². The van der Waals surface area contributed by atoms with Crippen LogP contribution in [0.15, 0.2) is 71.6 Å². The molecule has 180 valence electrons. The van der Waals surface area contributed by atoms with Gasteiger partial charge in [0, 0.05) is 11.6 Å². The summed E-state index contributed by atoms with van der Waals surface area (Å²) >= 11 is 5.68. The fraction of sp³-hybridized carbons (Fsp3) is 0.208. The largest absolute Gasteiger partial charge is 0.418 e. The van der Waals surface area contributed by atoms with E-state index < -0.39 is 39.9 Å². The molecule has 1 N–H and O–H groups in total. The molecule has 0 aliphatic carbocycles. The van der Waals surface area contributed by atoms with Crippen LogP contribution in [0.3, 0.4) is 0 Å². The van der Waals surface area contributed by atoms with Gasteiger partial charge in [0.15, 0.2) is 0 Å². The van der Waals surface area contributed by atoms with Crippen LogP contribution in [0.1, 0.15) is 22.3 Å². The molecule has 3 aromatic carbocycles. The quantitative estimate of drug-likeness (QED) is 0.436.